The second kappa shape index (κ2) is 4.28. The zero-order valence-corrected chi connectivity index (χ0v) is 8.85. The van der Waals surface area contributed by atoms with Gasteiger partial charge in [0, 0.05) is 18.0 Å². The summed E-state index contributed by atoms with van der Waals surface area (Å²) in [5.41, 5.74) is 1.22. The largest absolute Gasteiger partial charge is 0.476 e. The summed E-state index contributed by atoms with van der Waals surface area (Å²) in [4.78, 5) is 18.7. The number of rotatable bonds is 2. The molecule has 0 spiro atoms. The lowest BCUT2D eigenvalue weighted by Gasteiger charge is -2.05. The second-order valence-corrected chi connectivity index (χ2v) is 3.46. The van der Waals surface area contributed by atoms with Crippen LogP contribution in [0.3, 0.4) is 0 Å². The molecule has 2 aromatic heterocycles. The Balaban J connectivity index is 2.61. The summed E-state index contributed by atoms with van der Waals surface area (Å²) < 4.78 is 0. The van der Waals surface area contributed by atoms with Crippen molar-refractivity contribution in [1.29, 1.82) is 0 Å². The Morgan fingerprint density at radius 3 is 2.50 bits per heavy atom. The first-order chi connectivity index (χ1) is 7.68. The molecule has 0 bridgehead atoms. The molecular weight excluding hydrogens is 228 g/mol. The van der Waals surface area contributed by atoms with Crippen molar-refractivity contribution in [2.24, 2.45) is 0 Å². The highest BCUT2D eigenvalue weighted by Gasteiger charge is 2.13. The third-order valence-electron chi connectivity index (χ3n) is 2.06. The smallest absolute Gasteiger partial charge is 0.355 e. The first-order valence-electron chi connectivity index (χ1n) is 4.49. The normalized spacial score (nSPS) is 10.1. The Kier molecular flexibility index (Phi) is 2.83. The number of halogens is 1. The lowest BCUT2D eigenvalue weighted by atomic mass is 10.1. The molecule has 2 rings (SSSR count). The zero-order valence-electron chi connectivity index (χ0n) is 8.09. The van der Waals surface area contributed by atoms with Crippen molar-refractivity contribution >= 4 is 17.6 Å². The van der Waals surface area contributed by atoms with E-state index in [1.165, 1.54) is 0 Å². The molecule has 16 heavy (non-hydrogen) atoms. The molecule has 2 aromatic rings. The molecule has 0 saturated carbocycles. The molecule has 0 atom stereocenters. The van der Waals surface area contributed by atoms with Gasteiger partial charge < -0.3 is 5.11 Å². The lowest BCUT2D eigenvalue weighted by Crippen LogP contribution is -2.03. The molecule has 0 amide bonds. The van der Waals surface area contributed by atoms with E-state index in [4.69, 9.17) is 16.7 Å². The van der Waals surface area contributed by atoms with E-state index in [-0.39, 0.29) is 10.8 Å². The van der Waals surface area contributed by atoms with Gasteiger partial charge in [-0.2, -0.15) is 0 Å². The van der Waals surface area contributed by atoms with E-state index in [1.807, 2.05) is 0 Å². The molecular formula is C11H7ClN2O2. The quantitative estimate of drug-likeness (QED) is 0.811. The third-order valence-corrected chi connectivity index (χ3v) is 2.27. The van der Waals surface area contributed by atoms with Gasteiger partial charge in [0.05, 0.1) is 0 Å². The fourth-order valence-corrected chi connectivity index (χ4v) is 1.51. The second-order valence-electron chi connectivity index (χ2n) is 3.07. The van der Waals surface area contributed by atoms with E-state index in [9.17, 15) is 4.79 Å². The topological polar surface area (TPSA) is 63.1 Å². The molecule has 0 aliphatic carbocycles. The molecule has 0 fully saturated rings. The van der Waals surface area contributed by atoms with Gasteiger partial charge in [0.25, 0.3) is 0 Å². The van der Waals surface area contributed by atoms with Crippen molar-refractivity contribution in [3.63, 3.8) is 0 Å². The summed E-state index contributed by atoms with van der Waals surface area (Å²) >= 11 is 5.66. The molecule has 0 aliphatic heterocycles. The van der Waals surface area contributed by atoms with Crippen molar-refractivity contribution in [3.05, 3.63) is 47.5 Å². The molecule has 4 nitrogen and oxygen atoms in total. The van der Waals surface area contributed by atoms with Crippen LogP contribution in [0.5, 0.6) is 0 Å². The van der Waals surface area contributed by atoms with Crippen molar-refractivity contribution < 1.29 is 9.90 Å². The molecule has 0 unspecified atom stereocenters. The van der Waals surface area contributed by atoms with Gasteiger partial charge in [0.15, 0.2) is 5.69 Å². The van der Waals surface area contributed by atoms with Crippen molar-refractivity contribution in [3.8, 4) is 11.1 Å². The van der Waals surface area contributed by atoms with E-state index >= 15 is 0 Å². The molecule has 0 aromatic carbocycles. The van der Waals surface area contributed by atoms with Gasteiger partial charge in [-0.15, -0.1) is 0 Å². The Labute approximate surface area is 96.6 Å². The van der Waals surface area contributed by atoms with Crippen LogP contribution >= 0.6 is 11.6 Å². The SMILES string of the molecule is O=C(O)c1nc(Cl)ccc1-c1ccncc1. The molecule has 0 aliphatic rings. The zero-order chi connectivity index (χ0) is 11.5. The van der Waals surface area contributed by atoms with E-state index < -0.39 is 5.97 Å². The molecule has 5 heteroatoms. The number of aromatic carboxylic acids is 1. The minimum Gasteiger partial charge on any atom is -0.476 e. The maximum absolute atomic E-state index is 11.0. The highest BCUT2D eigenvalue weighted by molar-refractivity contribution is 6.29. The summed E-state index contributed by atoms with van der Waals surface area (Å²) in [6.07, 6.45) is 3.19. The lowest BCUT2D eigenvalue weighted by molar-refractivity contribution is 0.0691. The molecule has 1 N–H and O–H groups in total. The molecule has 0 radical (unpaired) electrons. The van der Waals surface area contributed by atoms with Crippen LogP contribution in [0.25, 0.3) is 11.1 Å². The number of carboxylic acids is 1. The maximum atomic E-state index is 11.0. The van der Waals surface area contributed by atoms with E-state index in [1.54, 1.807) is 36.7 Å². The van der Waals surface area contributed by atoms with Crippen LogP contribution in [0.15, 0.2) is 36.7 Å². The maximum Gasteiger partial charge on any atom is 0.355 e. The predicted molar refractivity (Wildman–Crippen MR) is 59.4 cm³/mol. The van der Waals surface area contributed by atoms with Crippen LogP contribution < -0.4 is 0 Å². The Bertz CT molecular complexity index is 529. The van der Waals surface area contributed by atoms with Crippen LogP contribution in [0.4, 0.5) is 0 Å². The van der Waals surface area contributed by atoms with Crippen LogP contribution in [-0.2, 0) is 0 Å². The van der Waals surface area contributed by atoms with Gasteiger partial charge in [-0.1, -0.05) is 11.6 Å². The number of carbonyl (C=O) groups is 1. The van der Waals surface area contributed by atoms with Crippen LogP contribution in [0.2, 0.25) is 5.15 Å². The Morgan fingerprint density at radius 1 is 1.19 bits per heavy atom. The highest BCUT2D eigenvalue weighted by atomic mass is 35.5. The standard InChI is InChI=1S/C11H7ClN2O2/c12-9-2-1-8(10(14-9)11(15)16)7-3-5-13-6-4-7/h1-6H,(H,15,16). The van der Waals surface area contributed by atoms with Gasteiger partial charge in [-0.3, -0.25) is 4.98 Å². The number of aromatic nitrogens is 2. The summed E-state index contributed by atoms with van der Waals surface area (Å²) in [6.45, 7) is 0. The van der Waals surface area contributed by atoms with E-state index in [0.717, 1.165) is 5.56 Å². The minimum absolute atomic E-state index is 0.0568. The molecule has 80 valence electrons. The van der Waals surface area contributed by atoms with Gasteiger partial charge in [0.1, 0.15) is 5.15 Å². The van der Waals surface area contributed by atoms with Crippen LogP contribution in [0, 0.1) is 0 Å². The summed E-state index contributed by atoms with van der Waals surface area (Å²) in [6, 6.07) is 6.63. The van der Waals surface area contributed by atoms with Gasteiger partial charge in [-0.05, 0) is 29.8 Å². The first-order valence-corrected chi connectivity index (χ1v) is 4.86. The summed E-state index contributed by atoms with van der Waals surface area (Å²) in [5.74, 6) is -1.10. The molecule has 2 heterocycles. The summed E-state index contributed by atoms with van der Waals surface area (Å²) in [7, 11) is 0. The van der Waals surface area contributed by atoms with E-state index in [2.05, 4.69) is 9.97 Å². The minimum atomic E-state index is -1.10. The number of hydrogen-bond donors (Lipinski definition) is 1. The average molecular weight is 235 g/mol. The molecule has 0 saturated heterocycles. The monoisotopic (exact) mass is 234 g/mol. The fraction of sp³-hybridized carbons (Fsp3) is 0. The van der Waals surface area contributed by atoms with Gasteiger partial charge >= 0.3 is 5.97 Å². The Morgan fingerprint density at radius 2 is 1.88 bits per heavy atom. The first kappa shape index (κ1) is 10.6. The van der Waals surface area contributed by atoms with Crippen LogP contribution in [0.1, 0.15) is 10.5 Å². The third kappa shape index (κ3) is 2.01. The van der Waals surface area contributed by atoms with Crippen molar-refractivity contribution in [1.82, 2.24) is 9.97 Å². The van der Waals surface area contributed by atoms with E-state index in [0.29, 0.717) is 5.56 Å². The number of pyridine rings is 2. The average Bonchev–Trinajstić information content (AvgIpc) is 2.30. The number of nitrogens with zero attached hydrogens (tertiary/aromatic N) is 2. The number of hydrogen-bond acceptors (Lipinski definition) is 3. The van der Waals surface area contributed by atoms with Crippen LogP contribution in [-0.4, -0.2) is 21.0 Å². The van der Waals surface area contributed by atoms with Crippen molar-refractivity contribution in [2.45, 2.75) is 0 Å². The fourth-order valence-electron chi connectivity index (χ4n) is 1.36. The predicted octanol–water partition coefficient (Wildman–Crippen LogP) is 2.50. The van der Waals surface area contributed by atoms with Gasteiger partial charge in [-0.25, -0.2) is 9.78 Å². The Hall–Kier alpha value is -1.94. The van der Waals surface area contributed by atoms with Crippen molar-refractivity contribution in [2.75, 3.05) is 0 Å². The highest BCUT2D eigenvalue weighted by Crippen LogP contribution is 2.23. The van der Waals surface area contributed by atoms with Gasteiger partial charge in [0.2, 0.25) is 0 Å². The summed E-state index contributed by atoms with van der Waals surface area (Å²) in [5, 5.41) is 9.18. The number of carboxylic acid groups (broad SMARTS) is 1.